The van der Waals surface area contributed by atoms with E-state index in [2.05, 4.69) is 0 Å². The van der Waals surface area contributed by atoms with Gasteiger partial charge in [0.15, 0.2) is 11.6 Å². The van der Waals surface area contributed by atoms with Crippen LogP contribution < -0.4 is 0 Å². The predicted molar refractivity (Wildman–Crippen MR) is 78.8 cm³/mol. The van der Waals surface area contributed by atoms with Crippen LogP contribution in [0.5, 0.6) is 0 Å². The summed E-state index contributed by atoms with van der Waals surface area (Å²) in [6, 6.07) is 2.90. The van der Waals surface area contributed by atoms with Gasteiger partial charge in [0.25, 0.3) is 0 Å². The number of rotatable bonds is 3. The molecule has 2 amide bonds. The van der Waals surface area contributed by atoms with Crippen molar-refractivity contribution in [3.63, 3.8) is 0 Å². The predicted octanol–water partition coefficient (Wildman–Crippen LogP) is 0.458. The van der Waals surface area contributed by atoms with Crippen molar-refractivity contribution in [2.45, 2.75) is 18.6 Å². The van der Waals surface area contributed by atoms with Crippen LogP contribution in [0.25, 0.3) is 0 Å². The number of halogens is 2. The summed E-state index contributed by atoms with van der Waals surface area (Å²) in [7, 11) is 0. The minimum atomic E-state index is -0.996. The van der Waals surface area contributed by atoms with Crippen molar-refractivity contribution in [3.05, 3.63) is 35.4 Å². The third-order valence-corrected chi connectivity index (χ3v) is 4.34. The Hall–Kier alpha value is -2.06. The third-order valence-electron chi connectivity index (χ3n) is 4.34. The number of hydrogen-bond donors (Lipinski definition) is 1. The molecule has 0 unspecified atom stereocenters. The normalized spacial score (nSPS) is 24.5. The van der Waals surface area contributed by atoms with Gasteiger partial charge in [-0.3, -0.25) is 9.59 Å². The molecule has 0 saturated carbocycles. The first kappa shape index (κ1) is 16.8. The van der Waals surface area contributed by atoms with E-state index in [1.54, 1.807) is 0 Å². The maximum Gasteiger partial charge on any atom is 0.249 e. The van der Waals surface area contributed by atoms with E-state index >= 15 is 0 Å². The number of carbonyl (C=O) groups is 2. The summed E-state index contributed by atoms with van der Waals surface area (Å²) in [5.74, 6) is -2.56. The lowest BCUT2D eigenvalue weighted by molar-refractivity contribution is -0.148. The highest BCUT2D eigenvalue weighted by atomic mass is 19.2. The number of morpholine rings is 1. The molecule has 0 bridgehead atoms. The molecule has 24 heavy (non-hydrogen) atoms. The molecule has 1 aromatic rings. The van der Waals surface area contributed by atoms with Crippen molar-refractivity contribution >= 4 is 11.8 Å². The Kier molecular flexibility index (Phi) is 4.77. The van der Waals surface area contributed by atoms with Crippen molar-refractivity contribution in [1.82, 2.24) is 9.80 Å². The molecule has 1 N–H and O–H groups in total. The standard InChI is InChI=1S/C16H18F2N2O4/c17-12-2-1-10(5-13(12)18)14-6-11(21)7-20(14)15(22)8-19-3-4-24-9-16(19)23/h1-2,5,11,14,21H,3-4,6-9H2/t11-,14-/m1/s1. The highest BCUT2D eigenvalue weighted by Gasteiger charge is 2.36. The fourth-order valence-electron chi connectivity index (χ4n) is 3.10. The Morgan fingerprint density at radius 2 is 2.12 bits per heavy atom. The number of ether oxygens (including phenoxy) is 1. The van der Waals surface area contributed by atoms with Crippen molar-refractivity contribution in [2.24, 2.45) is 0 Å². The first-order valence-corrected chi connectivity index (χ1v) is 7.73. The number of β-amino-alcohol motifs (C(OH)–C–C–N with tert-alkyl or cyclic N) is 1. The molecule has 2 atom stereocenters. The molecule has 0 spiro atoms. The van der Waals surface area contributed by atoms with Gasteiger partial charge in [-0.15, -0.1) is 0 Å². The van der Waals surface area contributed by atoms with Gasteiger partial charge in [-0.1, -0.05) is 6.07 Å². The highest BCUT2D eigenvalue weighted by Crippen LogP contribution is 2.33. The maximum atomic E-state index is 13.5. The van der Waals surface area contributed by atoms with Crippen LogP contribution in [-0.2, 0) is 14.3 Å². The summed E-state index contributed by atoms with van der Waals surface area (Å²) in [6.07, 6.45) is -0.499. The largest absolute Gasteiger partial charge is 0.391 e. The van der Waals surface area contributed by atoms with Gasteiger partial charge >= 0.3 is 0 Å². The molecule has 0 radical (unpaired) electrons. The lowest BCUT2D eigenvalue weighted by atomic mass is 10.0. The average molecular weight is 340 g/mol. The molecule has 6 nitrogen and oxygen atoms in total. The second-order valence-electron chi connectivity index (χ2n) is 5.99. The van der Waals surface area contributed by atoms with Crippen LogP contribution in [0.3, 0.4) is 0 Å². The van der Waals surface area contributed by atoms with Gasteiger partial charge in [0, 0.05) is 13.1 Å². The number of carbonyl (C=O) groups excluding carboxylic acids is 2. The minimum Gasteiger partial charge on any atom is -0.391 e. The zero-order valence-corrected chi connectivity index (χ0v) is 13.0. The SMILES string of the molecule is O=C1COCCN1CC(=O)N1C[C@H](O)C[C@@H]1c1ccc(F)c(F)c1. The number of aliphatic hydroxyl groups is 1. The van der Waals surface area contributed by atoms with Crippen molar-refractivity contribution < 1.29 is 28.2 Å². The molecule has 3 rings (SSSR count). The van der Waals surface area contributed by atoms with Crippen LogP contribution in [0.4, 0.5) is 8.78 Å². The van der Waals surface area contributed by atoms with E-state index in [4.69, 9.17) is 4.74 Å². The summed E-state index contributed by atoms with van der Waals surface area (Å²) in [6.45, 7) is 0.629. The number of aliphatic hydroxyl groups excluding tert-OH is 1. The summed E-state index contributed by atoms with van der Waals surface area (Å²) in [5, 5.41) is 9.90. The van der Waals surface area contributed by atoms with E-state index in [1.165, 1.54) is 15.9 Å². The number of likely N-dealkylation sites (tertiary alicyclic amines) is 1. The number of amides is 2. The molecule has 2 fully saturated rings. The molecular weight excluding hydrogens is 322 g/mol. The molecule has 8 heteroatoms. The Balaban J connectivity index is 1.75. The van der Waals surface area contributed by atoms with Gasteiger partial charge in [0.1, 0.15) is 6.61 Å². The van der Waals surface area contributed by atoms with Gasteiger partial charge in [-0.2, -0.15) is 0 Å². The first-order valence-electron chi connectivity index (χ1n) is 7.73. The minimum absolute atomic E-state index is 0.0531. The molecule has 1 aromatic carbocycles. The van der Waals surface area contributed by atoms with E-state index < -0.39 is 23.8 Å². The molecule has 130 valence electrons. The fraction of sp³-hybridized carbons (Fsp3) is 0.500. The summed E-state index contributed by atoms with van der Waals surface area (Å²) in [5.41, 5.74) is 0.423. The molecule has 2 aliphatic heterocycles. The van der Waals surface area contributed by atoms with Crippen LogP contribution >= 0.6 is 0 Å². The fourth-order valence-corrected chi connectivity index (χ4v) is 3.10. The van der Waals surface area contributed by atoms with Crippen LogP contribution in [0.1, 0.15) is 18.0 Å². The summed E-state index contributed by atoms with van der Waals surface area (Å²) < 4.78 is 31.6. The van der Waals surface area contributed by atoms with E-state index in [0.717, 1.165) is 12.1 Å². The zero-order valence-electron chi connectivity index (χ0n) is 13.0. The Bertz CT molecular complexity index is 655. The van der Waals surface area contributed by atoms with Crippen LogP contribution in [0.15, 0.2) is 18.2 Å². The quantitative estimate of drug-likeness (QED) is 0.868. The molecule has 2 aliphatic rings. The molecule has 0 aromatic heterocycles. The molecule has 2 heterocycles. The van der Waals surface area contributed by atoms with Gasteiger partial charge in [0.2, 0.25) is 11.8 Å². The van der Waals surface area contributed by atoms with Crippen molar-refractivity contribution in [1.29, 1.82) is 0 Å². The Labute approximate surface area is 137 Å². The lowest BCUT2D eigenvalue weighted by Gasteiger charge is -2.30. The summed E-state index contributed by atoms with van der Waals surface area (Å²) >= 11 is 0. The zero-order chi connectivity index (χ0) is 17.3. The van der Waals surface area contributed by atoms with Gasteiger partial charge in [0.05, 0.1) is 25.3 Å². The van der Waals surface area contributed by atoms with Gasteiger partial charge in [-0.05, 0) is 24.1 Å². The van der Waals surface area contributed by atoms with Crippen LogP contribution in [0.2, 0.25) is 0 Å². The monoisotopic (exact) mass is 340 g/mol. The molecular formula is C16H18F2N2O4. The average Bonchev–Trinajstić information content (AvgIpc) is 2.94. The van der Waals surface area contributed by atoms with Crippen molar-refractivity contribution in [2.75, 3.05) is 32.8 Å². The van der Waals surface area contributed by atoms with E-state index in [-0.39, 0.29) is 37.9 Å². The molecule has 0 aliphatic carbocycles. The van der Waals surface area contributed by atoms with Gasteiger partial charge < -0.3 is 19.6 Å². The van der Waals surface area contributed by atoms with Gasteiger partial charge in [-0.25, -0.2) is 8.78 Å². The van der Waals surface area contributed by atoms with Crippen LogP contribution in [0, 0.1) is 11.6 Å². The number of nitrogens with zero attached hydrogens (tertiary/aromatic N) is 2. The number of hydrogen-bond acceptors (Lipinski definition) is 4. The second kappa shape index (κ2) is 6.82. The third kappa shape index (κ3) is 3.39. The lowest BCUT2D eigenvalue weighted by Crippen LogP contribution is -2.48. The Morgan fingerprint density at radius 3 is 2.83 bits per heavy atom. The molecule has 2 saturated heterocycles. The maximum absolute atomic E-state index is 13.5. The van der Waals surface area contributed by atoms with E-state index in [9.17, 15) is 23.5 Å². The topological polar surface area (TPSA) is 70.1 Å². The highest BCUT2D eigenvalue weighted by molar-refractivity contribution is 5.86. The van der Waals surface area contributed by atoms with E-state index in [1.807, 2.05) is 0 Å². The number of benzene rings is 1. The Morgan fingerprint density at radius 1 is 1.33 bits per heavy atom. The second-order valence-corrected chi connectivity index (χ2v) is 5.99. The first-order chi connectivity index (χ1) is 11.5. The van der Waals surface area contributed by atoms with E-state index in [0.29, 0.717) is 18.7 Å². The van der Waals surface area contributed by atoms with Crippen molar-refractivity contribution in [3.8, 4) is 0 Å². The van der Waals surface area contributed by atoms with Crippen LogP contribution in [-0.4, -0.2) is 65.7 Å². The summed E-state index contributed by atoms with van der Waals surface area (Å²) in [4.78, 5) is 27.1. The smallest absolute Gasteiger partial charge is 0.249 e.